The minimum absolute atomic E-state index is 1.15. The van der Waals surface area contributed by atoms with E-state index >= 15 is 0 Å². The number of rotatable bonds is 4. The van der Waals surface area contributed by atoms with Crippen molar-refractivity contribution in [2.75, 3.05) is 0 Å². The summed E-state index contributed by atoms with van der Waals surface area (Å²) in [6.45, 7) is 4.45. The Kier molecular flexibility index (Phi) is 3.86. The van der Waals surface area contributed by atoms with E-state index in [2.05, 4.69) is 38.1 Å². The molecule has 0 atom stereocenters. The molecule has 1 aromatic rings. The second-order valence-electron chi connectivity index (χ2n) is 3.28. The van der Waals surface area contributed by atoms with Crippen LogP contribution in [0.2, 0.25) is 0 Å². The average Bonchev–Trinajstić information content (AvgIpc) is 2.15. The van der Waals surface area contributed by atoms with Gasteiger partial charge in [-0.15, -0.1) is 0 Å². The molecule has 0 aliphatic rings. The Bertz CT molecular complexity index is 225. The maximum atomic E-state index is 2.33. The van der Waals surface area contributed by atoms with E-state index in [1.165, 1.54) is 30.4 Å². The van der Waals surface area contributed by atoms with E-state index in [4.69, 9.17) is 0 Å². The zero-order valence-electron chi connectivity index (χ0n) is 8.14. The summed E-state index contributed by atoms with van der Waals surface area (Å²) in [4.78, 5) is 0. The van der Waals surface area contributed by atoms with Crippen LogP contribution in [0.4, 0.5) is 0 Å². The van der Waals surface area contributed by atoms with Crippen LogP contribution in [0.3, 0.4) is 0 Å². The third kappa shape index (κ3) is 2.69. The van der Waals surface area contributed by atoms with Crippen LogP contribution in [0, 0.1) is 0 Å². The number of hydrogen-bond acceptors (Lipinski definition) is 0. The lowest BCUT2D eigenvalue weighted by atomic mass is 10.0. The predicted octanol–water partition coefficient (Wildman–Crippen LogP) is 3.59. The number of hydrogen-bond donors (Lipinski definition) is 0. The van der Waals surface area contributed by atoms with Gasteiger partial charge < -0.3 is 0 Å². The Morgan fingerprint density at radius 3 is 2.50 bits per heavy atom. The predicted molar refractivity (Wildman–Crippen MR) is 54.4 cm³/mol. The van der Waals surface area contributed by atoms with Crippen LogP contribution in [0.1, 0.15) is 37.8 Å². The van der Waals surface area contributed by atoms with Crippen LogP contribution in [0.15, 0.2) is 24.3 Å². The van der Waals surface area contributed by atoms with Gasteiger partial charge in [-0.2, -0.15) is 0 Å². The Labute approximate surface area is 75.6 Å². The fraction of sp³-hybridized carbons (Fsp3) is 0.500. The van der Waals surface area contributed by atoms with Gasteiger partial charge in [-0.25, -0.2) is 0 Å². The van der Waals surface area contributed by atoms with E-state index in [9.17, 15) is 0 Å². The van der Waals surface area contributed by atoms with Gasteiger partial charge in [0.25, 0.3) is 0 Å². The summed E-state index contributed by atoms with van der Waals surface area (Å²) >= 11 is 0. The average molecular weight is 162 g/mol. The van der Waals surface area contributed by atoms with E-state index in [0.29, 0.717) is 0 Å². The van der Waals surface area contributed by atoms with Crippen molar-refractivity contribution in [2.24, 2.45) is 0 Å². The van der Waals surface area contributed by atoms with Crippen molar-refractivity contribution in [1.29, 1.82) is 0 Å². The van der Waals surface area contributed by atoms with Crippen molar-refractivity contribution in [2.45, 2.75) is 39.5 Å². The molecule has 66 valence electrons. The van der Waals surface area contributed by atoms with Gasteiger partial charge in [0.2, 0.25) is 0 Å². The summed E-state index contributed by atoms with van der Waals surface area (Å²) in [6.07, 6.45) is 4.99. The molecule has 1 rings (SSSR count). The second kappa shape index (κ2) is 4.97. The molecule has 0 bridgehead atoms. The maximum Gasteiger partial charge on any atom is -0.0279 e. The normalized spacial score (nSPS) is 10.2. The van der Waals surface area contributed by atoms with Crippen LogP contribution in [0.25, 0.3) is 0 Å². The highest BCUT2D eigenvalue weighted by atomic mass is 14.0. The third-order valence-corrected chi connectivity index (χ3v) is 2.22. The molecule has 0 radical (unpaired) electrons. The van der Waals surface area contributed by atoms with Crippen molar-refractivity contribution >= 4 is 0 Å². The number of unbranched alkanes of at least 4 members (excludes halogenated alkanes) is 1. The van der Waals surface area contributed by atoms with Crippen LogP contribution < -0.4 is 0 Å². The van der Waals surface area contributed by atoms with Crippen molar-refractivity contribution < 1.29 is 0 Å². The Balaban J connectivity index is 2.60. The lowest BCUT2D eigenvalue weighted by molar-refractivity contribution is 0.794. The first kappa shape index (κ1) is 9.31. The molecule has 12 heavy (non-hydrogen) atoms. The lowest BCUT2D eigenvalue weighted by Crippen LogP contribution is -1.86. The first-order chi connectivity index (χ1) is 5.86. The molecule has 1 aromatic carbocycles. The molecular formula is C12H18. The Morgan fingerprint density at radius 1 is 1.08 bits per heavy atom. The molecule has 0 saturated carbocycles. The first-order valence-electron chi connectivity index (χ1n) is 4.94. The Hall–Kier alpha value is -0.780. The number of benzene rings is 1. The standard InChI is InChI=1S/C12H18/c1-3-5-7-12-9-6-8-11(4-2)10-12/h6,8-10H,3-5,7H2,1-2H3. The number of aryl methyl sites for hydroxylation is 2. The Morgan fingerprint density at radius 2 is 1.83 bits per heavy atom. The summed E-state index contributed by atoms with van der Waals surface area (Å²) in [6, 6.07) is 8.93. The SMILES string of the molecule is CCCCc1cccc(CC)c1. The third-order valence-electron chi connectivity index (χ3n) is 2.22. The van der Waals surface area contributed by atoms with Crippen molar-refractivity contribution in [1.82, 2.24) is 0 Å². The molecule has 0 fully saturated rings. The van der Waals surface area contributed by atoms with Crippen molar-refractivity contribution in [3.63, 3.8) is 0 Å². The monoisotopic (exact) mass is 162 g/mol. The summed E-state index contributed by atoms with van der Waals surface area (Å²) in [5, 5.41) is 0. The van der Waals surface area contributed by atoms with Crippen LogP contribution in [0.5, 0.6) is 0 Å². The topological polar surface area (TPSA) is 0 Å². The lowest BCUT2D eigenvalue weighted by Gasteiger charge is -2.01. The molecule has 0 amide bonds. The molecule has 0 spiro atoms. The van der Waals surface area contributed by atoms with Crippen LogP contribution >= 0.6 is 0 Å². The highest BCUT2D eigenvalue weighted by Gasteiger charge is 1.93. The molecule has 0 aromatic heterocycles. The molecule has 0 nitrogen and oxygen atoms in total. The molecule has 0 heteroatoms. The van der Waals surface area contributed by atoms with Gasteiger partial charge in [0.1, 0.15) is 0 Å². The van der Waals surface area contributed by atoms with Gasteiger partial charge in [-0.1, -0.05) is 44.5 Å². The molecule has 0 aliphatic heterocycles. The minimum Gasteiger partial charge on any atom is -0.0654 e. The van der Waals surface area contributed by atoms with E-state index in [1.54, 1.807) is 0 Å². The highest BCUT2D eigenvalue weighted by Crippen LogP contribution is 2.08. The quantitative estimate of drug-likeness (QED) is 0.634. The van der Waals surface area contributed by atoms with Gasteiger partial charge in [0.15, 0.2) is 0 Å². The largest absolute Gasteiger partial charge is 0.0654 e. The molecule has 0 heterocycles. The molecule has 0 aliphatic carbocycles. The van der Waals surface area contributed by atoms with E-state index in [0.717, 1.165) is 6.42 Å². The van der Waals surface area contributed by atoms with Crippen LogP contribution in [-0.4, -0.2) is 0 Å². The van der Waals surface area contributed by atoms with E-state index in [-0.39, 0.29) is 0 Å². The summed E-state index contributed by atoms with van der Waals surface area (Å²) in [5.41, 5.74) is 2.96. The van der Waals surface area contributed by atoms with Gasteiger partial charge >= 0.3 is 0 Å². The minimum atomic E-state index is 1.15. The summed E-state index contributed by atoms with van der Waals surface area (Å²) in [7, 11) is 0. The second-order valence-corrected chi connectivity index (χ2v) is 3.28. The van der Waals surface area contributed by atoms with E-state index < -0.39 is 0 Å². The maximum absolute atomic E-state index is 2.33. The molecule has 0 N–H and O–H groups in total. The molecular weight excluding hydrogens is 144 g/mol. The molecule has 0 unspecified atom stereocenters. The zero-order valence-corrected chi connectivity index (χ0v) is 8.14. The van der Waals surface area contributed by atoms with Crippen molar-refractivity contribution in [3.05, 3.63) is 35.4 Å². The van der Waals surface area contributed by atoms with Gasteiger partial charge in [-0.05, 0) is 30.4 Å². The first-order valence-corrected chi connectivity index (χ1v) is 4.94. The van der Waals surface area contributed by atoms with Gasteiger partial charge in [0, 0.05) is 0 Å². The fourth-order valence-corrected chi connectivity index (χ4v) is 1.39. The van der Waals surface area contributed by atoms with Gasteiger partial charge in [-0.3, -0.25) is 0 Å². The smallest absolute Gasteiger partial charge is 0.0279 e. The summed E-state index contributed by atoms with van der Waals surface area (Å²) in [5.74, 6) is 0. The van der Waals surface area contributed by atoms with Crippen LogP contribution in [-0.2, 0) is 12.8 Å². The highest BCUT2D eigenvalue weighted by molar-refractivity contribution is 5.23. The van der Waals surface area contributed by atoms with Gasteiger partial charge in [0.05, 0.1) is 0 Å². The van der Waals surface area contributed by atoms with E-state index in [1.807, 2.05) is 0 Å². The summed E-state index contributed by atoms with van der Waals surface area (Å²) < 4.78 is 0. The van der Waals surface area contributed by atoms with Crippen molar-refractivity contribution in [3.8, 4) is 0 Å². The fourth-order valence-electron chi connectivity index (χ4n) is 1.39. The zero-order chi connectivity index (χ0) is 8.81. The molecule has 0 saturated heterocycles.